The van der Waals surface area contributed by atoms with Crippen LogP contribution in [0.2, 0.25) is 0 Å². The topological polar surface area (TPSA) is 73.9 Å². The lowest BCUT2D eigenvalue weighted by Crippen LogP contribution is -2.46. The Balaban J connectivity index is 0.00000220. The zero-order chi connectivity index (χ0) is 14.4. The molecule has 1 aliphatic rings. The number of aliphatic hydroxyl groups excluding tert-OH is 1. The zero-order valence-corrected chi connectivity index (χ0v) is 15.0. The van der Waals surface area contributed by atoms with Gasteiger partial charge >= 0.3 is 0 Å². The van der Waals surface area contributed by atoms with E-state index in [0.29, 0.717) is 6.54 Å². The fourth-order valence-corrected chi connectivity index (χ4v) is 2.25. The van der Waals surface area contributed by atoms with Crippen LogP contribution < -0.4 is 5.32 Å². The maximum atomic E-state index is 9.57. The number of nitrogens with one attached hydrogen (secondary N) is 1. The summed E-state index contributed by atoms with van der Waals surface area (Å²) in [6.45, 7) is 7.10. The van der Waals surface area contributed by atoms with Gasteiger partial charge < -0.3 is 19.8 Å². The first-order chi connectivity index (χ1) is 9.72. The van der Waals surface area contributed by atoms with E-state index in [1.54, 1.807) is 0 Å². The number of likely N-dealkylation sites (tertiary alicyclic amines) is 1. The minimum Gasteiger partial charge on any atom is -0.393 e. The van der Waals surface area contributed by atoms with E-state index in [1.807, 2.05) is 13.0 Å². The summed E-state index contributed by atoms with van der Waals surface area (Å²) in [5, 5.41) is 16.8. The molecule has 0 spiro atoms. The van der Waals surface area contributed by atoms with E-state index in [1.165, 1.54) is 0 Å². The van der Waals surface area contributed by atoms with Crippen molar-refractivity contribution >= 4 is 29.9 Å². The molecule has 6 nitrogen and oxygen atoms in total. The van der Waals surface area contributed by atoms with Crippen molar-refractivity contribution in [3.63, 3.8) is 0 Å². The normalized spacial score (nSPS) is 16.7. The van der Waals surface area contributed by atoms with E-state index in [2.05, 4.69) is 27.3 Å². The average Bonchev–Trinajstić information content (AvgIpc) is 2.92. The number of hydrogen-bond acceptors (Lipinski definition) is 4. The average molecular weight is 408 g/mol. The molecule has 7 heteroatoms. The predicted molar refractivity (Wildman–Crippen MR) is 92.9 cm³/mol. The third-order valence-corrected chi connectivity index (χ3v) is 3.45. The highest BCUT2D eigenvalue weighted by atomic mass is 127. The number of aryl methyl sites for hydroxylation is 1. The first-order valence-electron chi connectivity index (χ1n) is 7.38. The molecule has 0 aromatic carbocycles. The highest BCUT2D eigenvalue weighted by Crippen LogP contribution is 2.11. The van der Waals surface area contributed by atoms with Gasteiger partial charge in [-0.25, -0.2) is 4.99 Å². The number of hydrogen-bond donors (Lipinski definition) is 2. The van der Waals surface area contributed by atoms with Crippen molar-refractivity contribution in [2.45, 2.75) is 45.8 Å². The Bertz CT molecular complexity index is 442. The Morgan fingerprint density at radius 2 is 2.19 bits per heavy atom. The molecule has 0 atom stereocenters. The molecule has 1 fully saturated rings. The van der Waals surface area contributed by atoms with Crippen LogP contribution in [0.25, 0.3) is 0 Å². The van der Waals surface area contributed by atoms with Gasteiger partial charge in [-0.05, 0) is 26.2 Å². The van der Waals surface area contributed by atoms with Gasteiger partial charge in [0, 0.05) is 25.7 Å². The molecule has 0 bridgehead atoms. The molecule has 0 unspecified atom stereocenters. The van der Waals surface area contributed by atoms with Crippen LogP contribution in [-0.4, -0.2) is 46.9 Å². The summed E-state index contributed by atoms with van der Waals surface area (Å²) in [5.74, 6) is 1.67. The molecule has 1 aromatic heterocycles. The van der Waals surface area contributed by atoms with Gasteiger partial charge in [0.2, 0.25) is 0 Å². The molecule has 2 heterocycles. The predicted octanol–water partition coefficient (Wildman–Crippen LogP) is 1.78. The number of nitrogens with zero attached hydrogens (tertiary/aromatic N) is 3. The maximum Gasteiger partial charge on any atom is 0.194 e. The second-order valence-corrected chi connectivity index (χ2v) is 5.03. The lowest BCUT2D eigenvalue weighted by Gasteiger charge is -2.32. The summed E-state index contributed by atoms with van der Waals surface area (Å²) >= 11 is 0. The van der Waals surface area contributed by atoms with E-state index >= 15 is 0 Å². The van der Waals surface area contributed by atoms with Crippen LogP contribution in [0.3, 0.4) is 0 Å². The summed E-state index contributed by atoms with van der Waals surface area (Å²) in [7, 11) is 0. The number of guanidine groups is 1. The van der Waals surface area contributed by atoms with E-state index in [0.717, 1.165) is 56.3 Å². The largest absolute Gasteiger partial charge is 0.393 e. The molecule has 1 aliphatic heterocycles. The number of aliphatic hydroxyl groups is 1. The zero-order valence-electron chi connectivity index (χ0n) is 12.7. The van der Waals surface area contributed by atoms with Gasteiger partial charge in [0.25, 0.3) is 0 Å². The highest BCUT2D eigenvalue weighted by Gasteiger charge is 2.19. The van der Waals surface area contributed by atoms with Gasteiger partial charge in [-0.15, -0.1) is 24.0 Å². The van der Waals surface area contributed by atoms with Crippen molar-refractivity contribution in [3.8, 4) is 0 Å². The van der Waals surface area contributed by atoms with Crippen molar-refractivity contribution in [1.82, 2.24) is 15.4 Å². The second kappa shape index (κ2) is 9.24. The minimum atomic E-state index is -0.171. The van der Waals surface area contributed by atoms with Crippen LogP contribution in [-0.2, 0) is 13.0 Å². The third-order valence-electron chi connectivity index (χ3n) is 3.45. The van der Waals surface area contributed by atoms with Crippen molar-refractivity contribution in [2.24, 2.45) is 4.99 Å². The lowest BCUT2D eigenvalue weighted by atomic mass is 10.1. The number of aromatic nitrogens is 1. The van der Waals surface area contributed by atoms with Crippen molar-refractivity contribution in [1.29, 1.82) is 0 Å². The number of piperidine rings is 1. The first-order valence-corrected chi connectivity index (χ1v) is 7.38. The standard InChI is InChI=1S/C14H24N4O2.HI/c1-3-11-9-13(20-17-11)10-16-14(15-4-2)18-7-5-12(19)6-8-18;/h9,12,19H,3-8,10H2,1-2H3,(H,15,16);1H. The first kappa shape index (κ1) is 18.2. The lowest BCUT2D eigenvalue weighted by molar-refractivity contribution is 0.108. The van der Waals surface area contributed by atoms with Crippen molar-refractivity contribution < 1.29 is 9.63 Å². The third kappa shape index (κ3) is 5.46. The Hall–Kier alpha value is -0.830. The maximum absolute atomic E-state index is 9.57. The van der Waals surface area contributed by atoms with Crippen LogP contribution in [0.5, 0.6) is 0 Å². The van der Waals surface area contributed by atoms with Crippen LogP contribution in [0.4, 0.5) is 0 Å². The summed E-state index contributed by atoms with van der Waals surface area (Å²) in [6.07, 6.45) is 2.30. The monoisotopic (exact) mass is 408 g/mol. The Labute approximate surface area is 143 Å². The van der Waals surface area contributed by atoms with E-state index in [-0.39, 0.29) is 30.1 Å². The molecule has 21 heavy (non-hydrogen) atoms. The van der Waals surface area contributed by atoms with Gasteiger partial charge in [-0.1, -0.05) is 12.1 Å². The fraction of sp³-hybridized carbons (Fsp3) is 0.714. The molecular formula is C14H25IN4O2. The van der Waals surface area contributed by atoms with Gasteiger partial charge in [-0.2, -0.15) is 0 Å². The van der Waals surface area contributed by atoms with Crippen molar-refractivity contribution in [2.75, 3.05) is 19.6 Å². The van der Waals surface area contributed by atoms with Gasteiger partial charge in [0.1, 0.15) is 6.54 Å². The number of halogens is 1. The molecule has 2 rings (SSSR count). The molecule has 0 aliphatic carbocycles. The van der Waals surface area contributed by atoms with Gasteiger partial charge in [0.05, 0.1) is 11.8 Å². The summed E-state index contributed by atoms with van der Waals surface area (Å²) in [6, 6.07) is 1.95. The molecular weight excluding hydrogens is 383 g/mol. The van der Waals surface area contributed by atoms with Gasteiger partial charge in [0.15, 0.2) is 11.7 Å². The quantitative estimate of drug-likeness (QED) is 0.452. The molecule has 2 N–H and O–H groups in total. The Morgan fingerprint density at radius 1 is 1.48 bits per heavy atom. The Morgan fingerprint density at radius 3 is 2.76 bits per heavy atom. The number of rotatable bonds is 4. The smallest absolute Gasteiger partial charge is 0.194 e. The van der Waals surface area contributed by atoms with Crippen LogP contribution in [0.1, 0.15) is 38.1 Å². The fourth-order valence-electron chi connectivity index (χ4n) is 2.25. The Kier molecular flexibility index (Phi) is 8.02. The van der Waals surface area contributed by atoms with E-state index < -0.39 is 0 Å². The molecule has 1 saturated heterocycles. The highest BCUT2D eigenvalue weighted by molar-refractivity contribution is 14.0. The minimum absolute atomic E-state index is 0. The number of aliphatic imine (C=N–C) groups is 1. The van der Waals surface area contributed by atoms with Crippen LogP contribution in [0, 0.1) is 0 Å². The second-order valence-electron chi connectivity index (χ2n) is 5.03. The molecule has 0 amide bonds. The molecule has 120 valence electrons. The summed E-state index contributed by atoms with van der Waals surface area (Å²) in [4.78, 5) is 6.78. The SMILES string of the molecule is CCNC(=NCc1cc(CC)no1)N1CCC(O)CC1.I. The summed E-state index contributed by atoms with van der Waals surface area (Å²) < 4.78 is 5.25. The van der Waals surface area contributed by atoms with E-state index in [9.17, 15) is 5.11 Å². The molecule has 0 radical (unpaired) electrons. The van der Waals surface area contributed by atoms with Crippen molar-refractivity contribution in [3.05, 3.63) is 17.5 Å². The van der Waals surface area contributed by atoms with Gasteiger partial charge in [-0.3, -0.25) is 0 Å². The summed E-state index contributed by atoms with van der Waals surface area (Å²) in [5.41, 5.74) is 0.960. The molecule has 1 aromatic rings. The van der Waals surface area contributed by atoms with E-state index in [4.69, 9.17) is 4.52 Å². The van der Waals surface area contributed by atoms with Crippen LogP contribution >= 0.6 is 24.0 Å². The van der Waals surface area contributed by atoms with Crippen LogP contribution in [0.15, 0.2) is 15.6 Å². The molecule has 0 saturated carbocycles.